The fourth-order valence-corrected chi connectivity index (χ4v) is 3.05. The molecule has 0 atom stereocenters. The first-order valence-electron chi connectivity index (χ1n) is 8.11. The van der Waals surface area contributed by atoms with Crippen LogP contribution in [0.5, 0.6) is 0 Å². The van der Waals surface area contributed by atoms with E-state index in [-0.39, 0.29) is 24.9 Å². The Morgan fingerprint density at radius 3 is 2.65 bits per heavy atom. The van der Waals surface area contributed by atoms with Crippen molar-refractivity contribution in [3.05, 3.63) is 70.2 Å². The Balaban J connectivity index is 1.79. The van der Waals surface area contributed by atoms with Crippen LogP contribution in [-0.2, 0) is 17.9 Å². The highest BCUT2D eigenvalue weighted by Gasteiger charge is 2.29. The molecule has 0 radical (unpaired) electrons. The van der Waals surface area contributed by atoms with Gasteiger partial charge in [-0.15, -0.1) is 0 Å². The lowest BCUT2D eigenvalue weighted by Crippen LogP contribution is -2.32. The molecule has 26 heavy (non-hydrogen) atoms. The third-order valence-electron chi connectivity index (χ3n) is 4.17. The number of rotatable bonds is 5. The van der Waals surface area contributed by atoms with Crippen LogP contribution >= 0.6 is 11.6 Å². The molecule has 1 N–H and O–H groups in total. The van der Waals surface area contributed by atoms with Gasteiger partial charge in [-0.1, -0.05) is 41.9 Å². The van der Waals surface area contributed by atoms with Gasteiger partial charge in [0.05, 0.1) is 13.1 Å². The van der Waals surface area contributed by atoms with E-state index in [9.17, 15) is 14.4 Å². The molecule has 2 aromatic rings. The second-order valence-corrected chi connectivity index (χ2v) is 6.52. The Morgan fingerprint density at radius 1 is 1.19 bits per heavy atom. The molecular formula is C19H18ClN3O3. The van der Waals surface area contributed by atoms with Crippen LogP contribution in [-0.4, -0.2) is 41.2 Å². The SMILES string of the molecule is CN(Cc1cccc(Cl)c1)C(=O)c1ccccc1CN1C(=O)CNC1=O. The number of hydrogen-bond donors (Lipinski definition) is 1. The minimum Gasteiger partial charge on any atom is -0.337 e. The maximum Gasteiger partial charge on any atom is 0.324 e. The normalized spacial score (nSPS) is 13.7. The van der Waals surface area contributed by atoms with E-state index in [1.807, 2.05) is 18.2 Å². The van der Waals surface area contributed by atoms with Gasteiger partial charge < -0.3 is 10.2 Å². The summed E-state index contributed by atoms with van der Waals surface area (Å²) in [5.41, 5.74) is 2.00. The fourth-order valence-electron chi connectivity index (χ4n) is 2.84. The minimum absolute atomic E-state index is 0.0103. The van der Waals surface area contributed by atoms with E-state index >= 15 is 0 Å². The topological polar surface area (TPSA) is 69.7 Å². The highest BCUT2D eigenvalue weighted by molar-refractivity contribution is 6.30. The van der Waals surface area contributed by atoms with Crippen LogP contribution in [0.2, 0.25) is 5.02 Å². The van der Waals surface area contributed by atoms with E-state index in [1.54, 1.807) is 42.3 Å². The zero-order valence-corrected chi connectivity index (χ0v) is 15.0. The van der Waals surface area contributed by atoms with Crippen LogP contribution in [0.4, 0.5) is 4.79 Å². The molecule has 1 heterocycles. The highest BCUT2D eigenvalue weighted by atomic mass is 35.5. The highest BCUT2D eigenvalue weighted by Crippen LogP contribution is 2.18. The van der Waals surface area contributed by atoms with Crippen molar-refractivity contribution in [3.8, 4) is 0 Å². The first-order valence-corrected chi connectivity index (χ1v) is 8.49. The van der Waals surface area contributed by atoms with Gasteiger partial charge in [-0.3, -0.25) is 14.5 Å². The minimum atomic E-state index is -0.440. The van der Waals surface area contributed by atoms with Crippen molar-refractivity contribution < 1.29 is 14.4 Å². The van der Waals surface area contributed by atoms with Crippen molar-refractivity contribution in [2.75, 3.05) is 13.6 Å². The Morgan fingerprint density at radius 2 is 1.96 bits per heavy atom. The second kappa shape index (κ2) is 7.58. The molecule has 0 aromatic heterocycles. The summed E-state index contributed by atoms with van der Waals surface area (Å²) < 4.78 is 0. The van der Waals surface area contributed by atoms with Gasteiger partial charge in [0.25, 0.3) is 5.91 Å². The van der Waals surface area contributed by atoms with Crippen LogP contribution in [0.15, 0.2) is 48.5 Å². The first-order chi connectivity index (χ1) is 12.5. The molecule has 2 aromatic carbocycles. The lowest BCUT2D eigenvalue weighted by molar-refractivity contribution is -0.125. The van der Waals surface area contributed by atoms with Crippen molar-refractivity contribution in [1.29, 1.82) is 0 Å². The van der Waals surface area contributed by atoms with Gasteiger partial charge in [-0.05, 0) is 29.3 Å². The maximum atomic E-state index is 12.9. The Labute approximate surface area is 156 Å². The van der Waals surface area contributed by atoms with E-state index in [2.05, 4.69) is 5.32 Å². The van der Waals surface area contributed by atoms with Crippen LogP contribution in [0.3, 0.4) is 0 Å². The molecule has 7 heteroatoms. The molecule has 0 saturated carbocycles. The zero-order valence-electron chi connectivity index (χ0n) is 14.2. The van der Waals surface area contributed by atoms with E-state index in [0.717, 1.165) is 10.5 Å². The average molecular weight is 372 g/mol. The largest absolute Gasteiger partial charge is 0.337 e. The standard InChI is InChI=1S/C19H18ClN3O3/c1-22(11-13-5-4-7-15(20)9-13)18(25)16-8-3-2-6-14(16)12-23-17(24)10-21-19(23)26/h2-9H,10-12H2,1H3,(H,21,26). The molecule has 1 saturated heterocycles. The zero-order chi connectivity index (χ0) is 18.7. The van der Waals surface area contributed by atoms with Crippen LogP contribution in [0, 0.1) is 0 Å². The predicted octanol–water partition coefficient (Wildman–Crippen LogP) is 2.66. The second-order valence-electron chi connectivity index (χ2n) is 6.09. The summed E-state index contributed by atoms with van der Waals surface area (Å²) in [5, 5.41) is 3.09. The maximum absolute atomic E-state index is 12.9. The van der Waals surface area contributed by atoms with Crippen LogP contribution < -0.4 is 5.32 Å². The van der Waals surface area contributed by atoms with Gasteiger partial charge in [0, 0.05) is 24.2 Å². The Bertz CT molecular complexity index is 853. The number of urea groups is 1. The van der Waals surface area contributed by atoms with E-state index in [0.29, 0.717) is 22.7 Å². The van der Waals surface area contributed by atoms with Crippen LogP contribution in [0.1, 0.15) is 21.5 Å². The molecule has 1 aliphatic heterocycles. The van der Waals surface area contributed by atoms with Crippen molar-refractivity contribution >= 4 is 29.4 Å². The van der Waals surface area contributed by atoms with Gasteiger partial charge in [0.1, 0.15) is 0 Å². The number of hydrogen-bond acceptors (Lipinski definition) is 3. The van der Waals surface area contributed by atoms with Gasteiger partial charge >= 0.3 is 6.03 Å². The molecule has 1 aliphatic rings. The molecule has 4 amide bonds. The summed E-state index contributed by atoms with van der Waals surface area (Å²) in [4.78, 5) is 39.1. The van der Waals surface area contributed by atoms with Gasteiger partial charge in [0.15, 0.2) is 0 Å². The molecule has 0 aliphatic carbocycles. The lowest BCUT2D eigenvalue weighted by Gasteiger charge is -2.21. The van der Waals surface area contributed by atoms with Gasteiger partial charge in [0.2, 0.25) is 5.91 Å². The number of nitrogens with one attached hydrogen (secondary N) is 1. The van der Waals surface area contributed by atoms with E-state index in [4.69, 9.17) is 11.6 Å². The summed E-state index contributed by atoms with van der Waals surface area (Å²) in [6.07, 6.45) is 0. The molecule has 6 nitrogen and oxygen atoms in total. The Kier molecular flexibility index (Phi) is 5.23. The number of halogens is 1. The van der Waals surface area contributed by atoms with E-state index in [1.165, 1.54) is 0 Å². The summed E-state index contributed by atoms with van der Waals surface area (Å²) >= 11 is 5.99. The van der Waals surface area contributed by atoms with Crippen molar-refractivity contribution in [2.24, 2.45) is 0 Å². The number of carbonyl (C=O) groups excluding carboxylic acids is 3. The van der Waals surface area contributed by atoms with Crippen molar-refractivity contribution in [1.82, 2.24) is 15.1 Å². The summed E-state index contributed by atoms with van der Waals surface area (Å²) in [6, 6.07) is 13.9. The Hall–Kier alpha value is -2.86. The number of benzene rings is 2. The van der Waals surface area contributed by atoms with Gasteiger partial charge in [-0.2, -0.15) is 0 Å². The number of nitrogens with zero attached hydrogens (tertiary/aromatic N) is 2. The summed E-state index contributed by atoms with van der Waals surface area (Å²) in [5.74, 6) is -0.489. The number of imide groups is 1. The van der Waals surface area contributed by atoms with E-state index < -0.39 is 6.03 Å². The monoisotopic (exact) mass is 371 g/mol. The van der Waals surface area contributed by atoms with Crippen LogP contribution in [0.25, 0.3) is 0 Å². The summed E-state index contributed by atoms with van der Waals surface area (Å²) in [7, 11) is 1.70. The molecule has 0 unspecified atom stereocenters. The molecule has 0 spiro atoms. The van der Waals surface area contributed by atoms with Gasteiger partial charge in [-0.25, -0.2) is 4.79 Å². The predicted molar refractivity (Wildman–Crippen MR) is 97.6 cm³/mol. The molecule has 1 fully saturated rings. The van der Waals surface area contributed by atoms with Crippen molar-refractivity contribution in [3.63, 3.8) is 0 Å². The average Bonchev–Trinajstić information content (AvgIpc) is 2.93. The molecule has 134 valence electrons. The fraction of sp³-hybridized carbons (Fsp3) is 0.211. The molecular weight excluding hydrogens is 354 g/mol. The smallest absolute Gasteiger partial charge is 0.324 e. The number of amides is 4. The lowest BCUT2D eigenvalue weighted by atomic mass is 10.1. The molecule has 0 bridgehead atoms. The number of carbonyl (C=O) groups is 3. The first kappa shape index (κ1) is 17.9. The third kappa shape index (κ3) is 3.86. The third-order valence-corrected chi connectivity index (χ3v) is 4.40. The van der Waals surface area contributed by atoms with Crippen molar-refractivity contribution in [2.45, 2.75) is 13.1 Å². The quantitative estimate of drug-likeness (QED) is 0.821. The summed E-state index contributed by atoms with van der Waals surface area (Å²) in [6.45, 7) is 0.456. The molecule has 3 rings (SSSR count).